The topological polar surface area (TPSA) is 66.5 Å². The number of rotatable bonds is 5. The summed E-state index contributed by atoms with van der Waals surface area (Å²) in [5.41, 5.74) is 0.506. The van der Waals surface area contributed by atoms with Gasteiger partial charge in [-0.2, -0.15) is 17.5 Å². The molecule has 1 saturated heterocycles. The molecule has 140 valence electrons. The van der Waals surface area contributed by atoms with E-state index in [-0.39, 0.29) is 13.0 Å². The summed E-state index contributed by atoms with van der Waals surface area (Å²) in [6.07, 6.45) is -3.47. The molecule has 1 heterocycles. The Morgan fingerprint density at radius 2 is 1.84 bits per heavy atom. The molecule has 0 spiro atoms. The maximum absolute atomic E-state index is 12.7. The molecule has 1 atom stereocenters. The first-order valence-electron chi connectivity index (χ1n) is 7.67. The Morgan fingerprint density at radius 3 is 2.44 bits per heavy atom. The Hall–Kier alpha value is -1.13. The smallest absolute Gasteiger partial charge is 0.355 e. The van der Waals surface area contributed by atoms with E-state index in [9.17, 15) is 26.4 Å². The summed E-state index contributed by atoms with van der Waals surface area (Å²) in [5.74, 6) is -2.54. The van der Waals surface area contributed by atoms with Gasteiger partial charge in [0, 0.05) is 17.6 Å². The second-order valence-electron chi connectivity index (χ2n) is 5.85. The van der Waals surface area contributed by atoms with E-state index < -0.39 is 33.9 Å². The molecule has 1 fully saturated rings. The van der Waals surface area contributed by atoms with Crippen LogP contribution < -0.4 is 5.32 Å². The average Bonchev–Trinajstić information content (AvgIpc) is 2.68. The van der Waals surface area contributed by atoms with Crippen molar-refractivity contribution in [1.82, 2.24) is 9.62 Å². The molecule has 1 aliphatic heterocycles. The molecular weight excluding hydrogens is 425 g/mol. The van der Waals surface area contributed by atoms with Crippen LogP contribution in [0.2, 0.25) is 0 Å². The van der Waals surface area contributed by atoms with E-state index in [1.165, 1.54) is 0 Å². The summed E-state index contributed by atoms with van der Waals surface area (Å²) in [4.78, 5) is 12.2. The number of nitrogens with zero attached hydrogens (tertiary/aromatic N) is 1. The van der Waals surface area contributed by atoms with E-state index in [0.29, 0.717) is 29.3 Å². The van der Waals surface area contributed by atoms with Crippen LogP contribution in [0.1, 0.15) is 24.8 Å². The number of sulfonamides is 1. The zero-order valence-electron chi connectivity index (χ0n) is 13.2. The van der Waals surface area contributed by atoms with Gasteiger partial charge in [0.2, 0.25) is 15.9 Å². The fraction of sp³-hybridized carbons (Fsp3) is 0.533. The predicted molar refractivity (Wildman–Crippen MR) is 90.2 cm³/mol. The molecule has 0 saturated carbocycles. The lowest BCUT2D eigenvalue weighted by Crippen LogP contribution is -2.50. The van der Waals surface area contributed by atoms with Crippen molar-refractivity contribution in [3.8, 4) is 0 Å². The highest BCUT2D eigenvalue weighted by Crippen LogP contribution is 2.25. The van der Waals surface area contributed by atoms with E-state index in [1.807, 2.05) is 0 Å². The van der Waals surface area contributed by atoms with Crippen molar-refractivity contribution in [2.75, 3.05) is 12.3 Å². The number of hydrogen-bond acceptors (Lipinski definition) is 3. The molecule has 2 rings (SSSR count). The van der Waals surface area contributed by atoms with E-state index in [1.54, 1.807) is 24.3 Å². The third kappa shape index (κ3) is 5.96. The fourth-order valence-electron chi connectivity index (χ4n) is 2.66. The molecule has 5 nitrogen and oxygen atoms in total. The number of carbonyl (C=O) groups excluding carboxylic acids is 1. The maximum atomic E-state index is 12.7. The van der Waals surface area contributed by atoms with Gasteiger partial charge in [0.05, 0.1) is 0 Å². The predicted octanol–water partition coefficient (Wildman–Crippen LogP) is 2.81. The van der Waals surface area contributed by atoms with Gasteiger partial charge in [0.25, 0.3) is 0 Å². The van der Waals surface area contributed by atoms with Gasteiger partial charge in [-0.25, -0.2) is 8.42 Å². The number of carbonyl (C=O) groups is 1. The van der Waals surface area contributed by atoms with Crippen molar-refractivity contribution in [3.05, 3.63) is 34.3 Å². The highest BCUT2D eigenvalue weighted by molar-refractivity contribution is 9.10. The molecular formula is C15H18BrF3N2O3S. The lowest BCUT2D eigenvalue weighted by molar-refractivity contribution is -0.125. The number of alkyl halides is 3. The van der Waals surface area contributed by atoms with Gasteiger partial charge in [-0.3, -0.25) is 4.79 Å². The minimum atomic E-state index is -4.88. The first-order valence-corrected chi connectivity index (χ1v) is 10.1. The molecule has 1 aliphatic rings. The molecule has 1 amide bonds. The first kappa shape index (κ1) is 20.2. The van der Waals surface area contributed by atoms with Crippen LogP contribution in [0.15, 0.2) is 28.7 Å². The summed E-state index contributed by atoms with van der Waals surface area (Å²) in [7, 11) is -4.70. The maximum Gasteiger partial charge on any atom is 0.404 e. The molecule has 0 aromatic heterocycles. The van der Waals surface area contributed by atoms with E-state index in [4.69, 9.17) is 0 Å². The minimum absolute atomic E-state index is 0.194. The Morgan fingerprint density at radius 1 is 1.20 bits per heavy atom. The number of benzene rings is 1. The SMILES string of the molecule is O=C1NCCCCC1N(Cc1ccc(Br)cc1)S(=O)(=O)CC(F)(F)F. The van der Waals surface area contributed by atoms with Crippen LogP contribution in [0, 0.1) is 0 Å². The molecule has 10 heteroatoms. The first-order chi connectivity index (χ1) is 11.6. The Balaban J connectivity index is 2.36. The number of halogens is 4. The number of amides is 1. The summed E-state index contributed by atoms with van der Waals surface area (Å²) < 4.78 is 64.4. The van der Waals surface area contributed by atoms with Crippen molar-refractivity contribution in [3.63, 3.8) is 0 Å². The van der Waals surface area contributed by atoms with Gasteiger partial charge in [-0.05, 0) is 37.0 Å². The Kier molecular flexibility index (Phi) is 6.50. The van der Waals surface area contributed by atoms with Crippen LogP contribution in [-0.2, 0) is 21.4 Å². The van der Waals surface area contributed by atoms with Gasteiger partial charge in [-0.1, -0.05) is 28.1 Å². The van der Waals surface area contributed by atoms with E-state index >= 15 is 0 Å². The second kappa shape index (κ2) is 8.05. The van der Waals surface area contributed by atoms with Crippen LogP contribution >= 0.6 is 15.9 Å². The van der Waals surface area contributed by atoms with Crippen molar-refractivity contribution in [2.45, 2.75) is 38.0 Å². The molecule has 0 aliphatic carbocycles. The highest BCUT2D eigenvalue weighted by Gasteiger charge is 2.42. The molecule has 25 heavy (non-hydrogen) atoms. The van der Waals surface area contributed by atoms with Crippen LogP contribution in [0.4, 0.5) is 13.2 Å². The third-order valence-electron chi connectivity index (χ3n) is 3.81. The van der Waals surface area contributed by atoms with Crippen molar-refractivity contribution >= 4 is 31.9 Å². The normalized spacial score (nSPS) is 19.6. The highest BCUT2D eigenvalue weighted by atomic mass is 79.9. The molecule has 1 aromatic carbocycles. The van der Waals surface area contributed by atoms with Crippen molar-refractivity contribution in [1.29, 1.82) is 0 Å². The van der Waals surface area contributed by atoms with Crippen molar-refractivity contribution in [2.24, 2.45) is 0 Å². The number of hydrogen-bond donors (Lipinski definition) is 1. The minimum Gasteiger partial charge on any atom is -0.355 e. The van der Waals surface area contributed by atoms with Crippen LogP contribution in [-0.4, -0.2) is 43.1 Å². The lowest BCUT2D eigenvalue weighted by atomic mass is 10.1. The van der Waals surface area contributed by atoms with Gasteiger partial charge in [0.15, 0.2) is 5.75 Å². The third-order valence-corrected chi connectivity index (χ3v) is 6.13. The Labute approximate surface area is 152 Å². The average molecular weight is 443 g/mol. The molecule has 1 aromatic rings. The summed E-state index contributed by atoms with van der Waals surface area (Å²) in [5, 5.41) is 2.57. The van der Waals surface area contributed by atoms with Crippen LogP contribution in [0.5, 0.6) is 0 Å². The van der Waals surface area contributed by atoms with E-state index in [0.717, 1.165) is 4.47 Å². The van der Waals surface area contributed by atoms with Gasteiger partial charge in [-0.15, -0.1) is 0 Å². The fourth-order valence-corrected chi connectivity index (χ4v) is 4.44. The van der Waals surface area contributed by atoms with Crippen LogP contribution in [0.25, 0.3) is 0 Å². The standard InChI is InChI=1S/C15H18BrF3N2O3S/c16-12-6-4-11(5-7-12)9-21(25(23,24)10-15(17,18)19)13-3-1-2-8-20-14(13)22/h4-7,13H,1-3,8-10H2,(H,20,22). The zero-order chi connectivity index (χ0) is 18.7. The quantitative estimate of drug-likeness (QED) is 0.762. The monoisotopic (exact) mass is 442 g/mol. The summed E-state index contributed by atoms with van der Waals surface area (Å²) in [6.45, 7) is 0.102. The van der Waals surface area contributed by atoms with Gasteiger partial charge < -0.3 is 5.32 Å². The van der Waals surface area contributed by atoms with Crippen molar-refractivity contribution < 1.29 is 26.4 Å². The molecule has 0 radical (unpaired) electrons. The summed E-state index contributed by atoms with van der Waals surface area (Å²) >= 11 is 3.24. The number of nitrogens with one attached hydrogen (secondary N) is 1. The molecule has 1 N–H and O–H groups in total. The molecule has 0 bridgehead atoms. The second-order valence-corrected chi connectivity index (χ2v) is 8.68. The summed E-state index contributed by atoms with van der Waals surface area (Å²) in [6, 6.07) is 5.40. The van der Waals surface area contributed by atoms with E-state index in [2.05, 4.69) is 21.2 Å². The largest absolute Gasteiger partial charge is 0.404 e. The zero-order valence-corrected chi connectivity index (χ0v) is 15.6. The van der Waals surface area contributed by atoms with Crippen LogP contribution in [0.3, 0.4) is 0 Å². The van der Waals surface area contributed by atoms with Gasteiger partial charge in [0.1, 0.15) is 6.04 Å². The molecule has 1 unspecified atom stereocenters. The van der Waals surface area contributed by atoms with Gasteiger partial charge >= 0.3 is 6.18 Å². The Bertz CT molecular complexity index is 708. The lowest BCUT2D eigenvalue weighted by Gasteiger charge is -2.29.